The first-order valence-corrected chi connectivity index (χ1v) is 10.7. The molecule has 4 aromatic rings. The second-order valence-corrected chi connectivity index (χ2v) is 8.37. The molecule has 0 amide bonds. The van der Waals surface area contributed by atoms with Crippen LogP contribution in [0.25, 0.3) is 16.8 Å². The van der Waals surface area contributed by atoms with Crippen LogP contribution in [0.5, 0.6) is 11.6 Å². The van der Waals surface area contributed by atoms with Gasteiger partial charge in [-0.2, -0.15) is 5.10 Å². The molecule has 0 spiro atoms. The number of ether oxygens (including phenoxy) is 1. The predicted molar refractivity (Wildman–Crippen MR) is 119 cm³/mol. The molecule has 7 heterocycles. The summed E-state index contributed by atoms with van der Waals surface area (Å²) in [5.41, 5.74) is 3.61. The normalized spacial score (nSPS) is 20.3. The lowest BCUT2D eigenvalue weighted by molar-refractivity contribution is -0.00876. The van der Waals surface area contributed by atoms with Crippen LogP contribution in [-0.2, 0) is 6.54 Å². The third kappa shape index (κ3) is 3.21. The van der Waals surface area contributed by atoms with Gasteiger partial charge in [-0.15, -0.1) is 0 Å². The van der Waals surface area contributed by atoms with Gasteiger partial charge in [0.2, 0.25) is 5.88 Å². The van der Waals surface area contributed by atoms with Gasteiger partial charge in [-0.1, -0.05) is 6.07 Å². The van der Waals surface area contributed by atoms with Gasteiger partial charge in [0.05, 0.1) is 13.3 Å². The van der Waals surface area contributed by atoms with E-state index in [1.807, 2.05) is 24.5 Å². The minimum absolute atomic E-state index is 0.144. The van der Waals surface area contributed by atoms with Crippen LogP contribution in [0.15, 0.2) is 55.2 Å². The maximum Gasteiger partial charge on any atom is 0.212 e. The molecule has 0 saturated carbocycles. The Morgan fingerprint density at radius 3 is 2.66 bits per heavy atom. The first kappa shape index (κ1) is 19.0. The van der Waals surface area contributed by atoms with Crippen LogP contribution in [0.3, 0.4) is 0 Å². The van der Waals surface area contributed by atoms with E-state index in [9.17, 15) is 5.11 Å². The van der Waals surface area contributed by atoms with Crippen LogP contribution in [0.2, 0.25) is 0 Å². The molecule has 2 bridgehead atoms. The molecule has 0 aliphatic carbocycles. The molecule has 32 heavy (non-hydrogen) atoms. The van der Waals surface area contributed by atoms with E-state index in [1.54, 1.807) is 23.9 Å². The summed E-state index contributed by atoms with van der Waals surface area (Å²) in [5, 5.41) is 14.1. The maximum absolute atomic E-state index is 10.0. The third-order valence-corrected chi connectivity index (χ3v) is 6.46. The number of hydrogen-bond acceptors (Lipinski definition) is 8. The molecule has 9 nitrogen and oxygen atoms in total. The van der Waals surface area contributed by atoms with Crippen LogP contribution >= 0.6 is 0 Å². The van der Waals surface area contributed by atoms with Gasteiger partial charge in [0.1, 0.15) is 17.9 Å². The standard InChI is InChI=1S/C23H23N7O2/c1-32-22-5-2-15(8-25-22)10-29-17-6-18(29)12-28(11-17)21-4-3-16(9-24-21)20-7-19(31)13-30-23(20)26-14-27-30/h2-5,7-9,13-14,17-18,31H,6,10-12H2,1H3. The highest BCUT2D eigenvalue weighted by atomic mass is 16.5. The largest absolute Gasteiger partial charge is 0.506 e. The number of aromatic hydroxyl groups is 1. The second-order valence-electron chi connectivity index (χ2n) is 8.37. The van der Waals surface area contributed by atoms with E-state index in [4.69, 9.17) is 9.72 Å². The molecule has 3 fully saturated rings. The van der Waals surface area contributed by atoms with Crippen LogP contribution in [0.1, 0.15) is 12.0 Å². The summed E-state index contributed by atoms with van der Waals surface area (Å²) in [6.45, 7) is 2.85. The molecule has 0 aromatic carbocycles. The molecule has 9 heteroatoms. The van der Waals surface area contributed by atoms with Crippen molar-refractivity contribution in [1.29, 1.82) is 0 Å². The Morgan fingerprint density at radius 1 is 1.06 bits per heavy atom. The van der Waals surface area contributed by atoms with E-state index in [-0.39, 0.29) is 5.75 Å². The molecule has 3 aliphatic rings. The molecule has 1 N–H and O–H groups in total. The summed E-state index contributed by atoms with van der Waals surface area (Å²) in [7, 11) is 1.63. The molecule has 162 valence electrons. The fraction of sp³-hybridized carbons (Fsp3) is 0.304. The average Bonchev–Trinajstić information content (AvgIpc) is 3.31. The molecular formula is C23H23N7O2. The van der Waals surface area contributed by atoms with Gasteiger partial charge in [0, 0.05) is 61.3 Å². The molecule has 4 aromatic heterocycles. The summed E-state index contributed by atoms with van der Waals surface area (Å²) in [6.07, 6.45) is 8.00. The Morgan fingerprint density at radius 2 is 1.94 bits per heavy atom. The summed E-state index contributed by atoms with van der Waals surface area (Å²) < 4.78 is 6.73. The smallest absolute Gasteiger partial charge is 0.212 e. The van der Waals surface area contributed by atoms with E-state index >= 15 is 0 Å². The van der Waals surface area contributed by atoms with Crippen LogP contribution in [0, 0.1) is 0 Å². The van der Waals surface area contributed by atoms with Gasteiger partial charge < -0.3 is 14.7 Å². The highest BCUT2D eigenvalue weighted by Gasteiger charge is 2.44. The van der Waals surface area contributed by atoms with Gasteiger partial charge in [-0.3, -0.25) is 4.90 Å². The summed E-state index contributed by atoms with van der Waals surface area (Å²) in [6, 6.07) is 10.8. The molecular weight excluding hydrogens is 406 g/mol. The SMILES string of the molecule is COc1ccc(CN2C3CC2CN(c2ccc(-c4cc(O)cn5ncnc45)cn2)C3)cn1. The number of rotatable bonds is 5. The van der Waals surface area contributed by atoms with Crippen molar-refractivity contribution >= 4 is 11.5 Å². The summed E-state index contributed by atoms with van der Waals surface area (Å²) in [5.74, 6) is 1.77. The van der Waals surface area contributed by atoms with Gasteiger partial charge in [0.25, 0.3) is 0 Å². The Balaban J connectivity index is 1.16. The van der Waals surface area contributed by atoms with E-state index in [1.165, 1.54) is 18.3 Å². The number of anilines is 1. The van der Waals surface area contributed by atoms with E-state index in [0.717, 1.165) is 36.6 Å². The fourth-order valence-electron chi connectivity index (χ4n) is 4.83. The van der Waals surface area contributed by atoms with Crippen molar-refractivity contribution in [3.63, 3.8) is 0 Å². The number of fused-ring (bicyclic) bond motifs is 3. The predicted octanol–water partition coefficient (Wildman–Crippen LogP) is 2.36. The Labute approximate surface area is 184 Å². The molecule has 2 atom stereocenters. The van der Waals surface area contributed by atoms with Crippen molar-refractivity contribution in [1.82, 2.24) is 29.5 Å². The first-order valence-electron chi connectivity index (χ1n) is 10.7. The van der Waals surface area contributed by atoms with Crippen molar-refractivity contribution in [2.45, 2.75) is 25.0 Å². The van der Waals surface area contributed by atoms with Crippen molar-refractivity contribution in [2.75, 3.05) is 25.1 Å². The number of aromatic nitrogens is 5. The minimum atomic E-state index is 0.144. The number of hydrogen-bond donors (Lipinski definition) is 1. The number of piperidine rings is 1. The lowest BCUT2D eigenvalue weighted by Gasteiger charge is -2.56. The van der Waals surface area contributed by atoms with Gasteiger partial charge in [0.15, 0.2) is 5.65 Å². The quantitative estimate of drug-likeness (QED) is 0.517. The maximum atomic E-state index is 10.0. The minimum Gasteiger partial charge on any atom is -0.506 e. The Kier molecular flexibility index (Phi) is 4.43. The lowest BCUT2D eigenvalue weighted by atomic mass is 9.87. The van der Waals surface area contributed by atoms with Crippen LogP contribution in [0.4, 0.5) is 5.82 Å². The Bertz CT molecular complexity index is 1240. The van der Waals surface area contributed by atoms with E-state index in [2.05, 4.69) is 37.0 Å². The number of methoxy groups -OCH3 is 1. The zero-order valence-electron chi connectivity index (χ0n) is 17.7. The van der Waals surface area contributed by atoms with Crippen molar-refractivity contribution in [3.8, 4) is 22.8 Å². The highest BCUT2D eigenvalue weighted by molar-refractivity contribution is 5.78. The highest BCUT2D eigenvalue weighted by Crippen LogP contribution is 2.36. The van der Waals surface area contributed by atoms with Crippen LogP contribution < -0.4 is 9.64 Å². The molecule has 3 aliphatic heterocycles. The van der Waals surface area contributed by atoms with Gasteiger partial charge in [-0.25, -0.2) is 19.5 Å². The first-order chi connectivity index (χ1) is 15.7. The van der Waals surface area contributed by atoms with Crippen molar-refractivity contribution in [3.05, 3.63) is 60.8 Å². The fourth-order valence-corrected chi connectivity index (χ4v) is 4.83. The summed E-state index contributed by atoms with van der Waals surface area (Å²) in [4.78, 5) is 18.3. The van der Waals surface area contributed by atoms with Crippen molar-refractivity contribution < 1.29 is 9.84 Å². The summed E-state index contributed by atoms with van der Waals surface area (Å²) >= 11 is 0. The number of piperazine rings is 1. The number of nitrogens with zero attached hydrogens (tertiary/aromatic N) is 7. The van der Waals surface area contributed by atoms with Crippen LogP contribution in [-0.4, -0.2) is 66.9 Å². The average molecular weight is 429 g/mol. The molecule has 3 saturated heterocycles. The van der Waals surface area contributed by atoms with Gasteiger partial charge >= 0.3 is 0 Å². The molecule has 7 rings (SSSR count). The molecule has 2 unspecified atom stereocenters. The second kappa shape index (κ2) is 7.45. The topological polar surface area (TPSA) is 91.9 Å². The zero-order chi connectivity index (χ0) is 21.7. The monoisotopic (exact) mass is 429 g/mol. The van der Waals surface area contributed by atoms with Gasteiger partial charge in [-0.05, 0) is 30.2 Å². The number of pyridine rings is 3. The molecule has 0 radical (unpaired) electrons. The zero-order valence-corrected chi connectivity index (χ0v) is 17.7. The van der Waals surface area contributed by atoms with E-state index < -0.39 is 0 Å². The third-order valence-electron chi connectivity index (χ3n) is 6.46. The van der Waals surface area contributed by atoms with Crippen molar-refractivity contribution in [2.24, 2.45) is 0 Å². The lowest BCUT2D eigenvalue weighted by Crippen LogP contribution is -2.68. The Hall–Kier alpha value is -3.72. The van der Waals surface area contributed by atoms with E-state index in [0.29, 0.717) is 23.6 Å².